The number of aromatic nitrogens is 3. The maximum atomic E-state index is 6.15. The summed E-state index contributed by atoms with van der Waals surface area (Å²) in [5, 5.41) is 4.05. The fraction of sp³-hybridized carbons (Fsp3) is 0.833. The van der Waals surface area contributed by atoms with Crippen molar-refractivity contribution in [3.63, 3.8) is 0 Å². The van der Waals surface area contributed by atoms with Gasteiger partial charge in [-0.1, -0.05) is 27.7 Å². The van der Waals surface area contributed by atoms with Crippen molar-refractivity contribution in [3.05, 3.63) is 12.2 Å². The highest BCUT2D eigenvalue weighted by molar-refractivity contribution is 4.89. The molecule has 92 valence electrons. The topological polar surface area (TPSA) is 56.7 Å². The quantitative estimate of drug-likeness (QED) is 0.847. The number of nitrogens with two attached hydrogens (primary N) is 1. The minimum Gasteiger partial charge on any atom is -0.327 e. The average molecular weight is 224 g/mol. The van der Waals surface area contributed by atoms with E-state index >= 15 is 0 Å². The predicted octanol–water partition coefficient (Wildman–Crippen LogP) is 1.76. The smallest absolute Gasteiger partial charge is 0.138 e. The number of aryl methyl sites for hydroxylation is 1. The van der Waals surface area contributed by atoms with E-state index in [4.69, 9.17) is 5.73 Å². The zero-order valence-electron chi connectivity index (χ0n) is 11.1. The Balaban J connectivity index is 2.48. The van der Waals surface area contributed by atoms with Gasteiger partial charge in [0, 0.05) is 19.5 Å². The molecule has 1 rings (SSSR count). The average Bonchev–Trinajstić information content (AvgIpc) is 2.50. The van der Waals surface area contributed by atoms with Crippen molar-refractivity contribution in [1.82, 2.24) is 14.8 Å². The van der Waals surface area contributed by atoms with Crippen molar-refractivity contribution in [2.75, 3.05) is 0 Å². The number of hydrogen-bond donors (Lipinski definition) is 1. The zero-order chi connectivity index (χ0) is 12.3. The van der Waals surface area contributed by atoms with E-state index in [1.54, 1.807) is 11.0 Å². The standard InChI is InChI=1S/C12H24N4/c1-9(12(2,3)4)6-10(13)7-11-14-8-15-16(11)5/h8-10H,6-7,13H2,1-5H3. The van der Waals surface area contributed by atoms with Gasteiger partial charge >= 0.3 is 0 Å². The number of rotatable bonds is 4. The van der Waals surface area contributed by atoms with Crippen molar-refractivity contribution in [2.24, 2.45) is 24.1 Å². The third-order valence-electron chi connectivity index (χ3n) is 3.38. The molecule has 0 saturated heterocycles. The van der Waals surface area contributed by atoms with Gasteiger partial charge < -0.3 is 5.73 Å². The molecule has 1 heterocycles. The Morgan fingerprint density at radius 2 is 2.06 bits per heavy atom. The molecule has 0 bridgehead atoms. The Morgan fingerprint density at radius 3 is 2.50 bits per heavy atom. The summed E-state index contributed by atoms with van der Waals surface area (Å²) in [5.41, 5.74) is 6.47. The third-order valence-corrected chi connectivity index (χ3v) is 3.38. The van der Waals surface area contributed by atoms with Crippen molar-refractivity contribution < 1.29 is 0 Å². The molecule has 2 unspecified atom stereocenters. The Kier molecular flexibility index (Phi) is 4.08. The molecule has 0 spiro atoms. The van der Waals surface area contributed by atoms with Gasteiger partial charge in [0.2, 0.25) is 0 Å². The van der Waals surface area contributed by atoms with Crippen molar-refractivity contribution in [2.45, 2.75) is 46.6 Å². The second kappa shape index (κ2) is 4.95. The molecule has 0 aliphatic rings. The van der Waals surface area contributed by atoms with E-state index in [0.29, 0.717) is 11.3 Å². The van der Waals surface area contributed by atoms with Crippen LogP contribution < -0.4 is 5.73 Å². The lowest BCUT2D eigenvalue weighted by Gasteiger charge is -2.29. The molecule has 1 aromatic rings. The summed E-state index contributed by atoms with van der Waals surface area (Å²) in [6, 6.07) is 0.164. The Hall–Kier alpha value is -0.900. The maximum absolute atomic E-state index is 6.15. The first-order valence-corrected chi connectivity index (χ1v) is 5.89. The molecule has 0 aromatic carbocycles. The molecule has 1 aromatic heterocycles. The van der Waals surface area contributed by atoms with Gasteiger partial charge in [0.25, 0.3) is 0 Å². The molecule has 16 heavy (non-hydrogen) atoms. The molecular weight excluding hydrogens is 200 g/mol. The van der Waals surface area contributed by atoms with Crippen LogP contribution in [0.2, 0.25) is 0 Å². The van der Waals surface area contributed by atoms with Crippen molar-refractivity contribution in [3.8, 4) is 0 Å². The van der Waals surface area contributed by atoms with Crippen LogP contribution in [0.5, 0.6) is 0 Å². The van der Waals surface area contributed by atoms with Gasteiger partial charge in [-0.15, -0.1) is 0 Å². The lowest BCUT2D eigenvalue weighted by molar-refractivity contribution is 0.232. The molecule has 0 aliphatic carbocycles. The Morgan fingerprint density at radius 1 is 1.44 bits per heavy atom. The van der Waals surface area contributed by atoms with Gasteiger partial charge in [-0.2, -0.15) is 5.10 Å². The summed E-state index contributed by atoms with van der Waals surface area (Å²) >= 11 is 0. The van der Waals surface area contributed by atoms with Crippen molar-refractivity contribution >= 4 is 0 Å². The molecule has 0 fully saturated rings. The van der Waals surface area contributed by atoms with Crippen LogP contribution in [0.1, 0.15) is 39.9 Å². The van der Waals surface area contributed by atoms with Gasteiger partial charge in [-0.25, -0.2) is 4.98 Å². The van der Waals surface area contributed by atoms with Crippen LogP contribution in [0.4, 0.5) is 0 Å². The minimum absolute atomic E-state index is 0.164. The van der Waals surface area contributed by atoms with Crippen LogP contribution in [0.3, 0.4) is 0 Å². The lowest BCUT2D eigenvalue weighted by Crippen LogP contribution is -2.31. The van der Waals surface area contributed by atoms with E-state index in [0.717, 1.165) is 18.7 Å². The molecule has 4 heteroatoms. The van der Waals surface area contributed by atoms with E-state index < -0.39 is 0 Å². The van der Waals surface area contributed by atoms with Gasteiger partial charge in [0.05, 0.1) is 0 Å². The molecule has 4 nitrogen and oxygen atoms in total. The maximum Gasteiger partial charge on any atom is 0.138 e. The largest absolute Gasteiger partial charge is 0.327 e. The second-order valence-corrected chi connectivity index (χ2v) is 5.77. The van der Waals surface area contributed by atoms with E-state index in [2.05, 4.69) is 37.8 Å². The number of hydrogen-bond acceptors (Lipinski definition) is 3. The molecule has 0 saturated carbocycles. The van der Waals surface area contributed by atoms with Crippen LogP contribution in [0.15, 0.2) is 6.33 Å². The molecular formula is C12H24N4. The van der Waals surface area contributed by atoms with Crippen LogP contribution in [0, 0.1) is 11.3 Å². The van der Waals surface area contributed by atoms with Gasteiger partial charge in [0.15, 0.2) is 0 Å². The Bertz CT molecular complexity index is 324. The highest BCUT2D eigenvalue weighted by Crippen LogP contribution is 2.29. The lowest BCUT2D eigenvalue weighted by atomic mass is 9.78. The summed E-state index contributed by atoms with van der Waals surface area (Å²) in [6.07, 6.45) is 3.41. The normalized spacial score (nSPS) is 16.1. The summed E-state index contributed by atoms with van der Waals surface area (Å²) in [6.45, 7) is 9.03. The Labute approximate surface area is 98.2 Å². The van der Waals surface area contributed by atoms with Crippen molar-refractivity contribution in [1.29, 1.82) is 0 Å². The summed E-state index contributed by atoms with van der Waals surface area (Å²) in [4.78, 5) is 4.20. The second-order valence-electron chi connectivity index (χ2n) is 5.77. The SMILES string of the molecule is CC(CC(N)Cc1ncnn1C)C(C)(C)C. The van der Waals surface area contributed by atoms with E-state index in [1.807, 2.05) is 7.05 Å². The summed E-state index contributed by atoms with van der Waals surface area (Å²) in [7, 11) is 1.91. The van der Waals surface area contributed by atoms with Gasteiger partial charge in [-0.3, -0.25) is 4.68 Å². The fourth-order valence-corrected chi connectivity index (χ4v) is 1.63. The van der Waals surface area contributed by atoms with Crippen LogP contribution in [-0.4, -0.2) is 20.8 Å². The first-order valence-electron chi connectivity index (χ1n) is 5.89. The predicted molar refractivity (Wildman–Crippen MR) is 65.9 cm³/mol. The highest BCUT2D eigenvalue weighted by Gasteiger charge is 2.22. The summed E-state index contributed by atoms with van der Waals surface area (Å²) in [5.74, 6) is 1.57. The van der Waals surface area contributed by atoms with Gasteiger partial charge in [-0.05, 0) is 17.8 Å². The molecule has 0 radical (unpaired) electrons. The van der Waals surface area contributed by atoms with Crippen LogP contribution >= 0.6 is 0 Å². The fourth-order valence-electron chi connectivity index (χ4n) is 1.63. The molecule has 2 atom stereocenters. The molecule has 2 N–H and O–H groups in total. The summed E-state index contributed by atoms with van der Waals surface area (Å²) < 4.78 is 1.79. The minimum atomic E-state index is 0.164. The first kappa shape index (κ1) is 13.2. The molecule has 0 aliphatic heterocycles. The third kappa shape index (κ3) is 3.59. The highest BCUT2D eigenvalue weighted by atomic mass is 15.3. The number of nitrogens with zero attached hydrogens (tertiary/aromatic N) is 3. The van der Waals surface area contributed by atoms with E-state index in [1.165, 1.54) is 0 Å². The van der Waals surface area contributed by atoms with Crippen LogP contribution in [0.25, 0.3) is 0 Å². The molecule has 0 amide bonds. The van der Waals surface area contributed by atoms with Crippen LogP contribution in [-0.2, 0) is 13.5 Å². The zero-order valence-corrected chi connectivity index (χ0v) is 11.1. The van der Waals surface area contributed by atoms with E-state index in [9.17, 15) is 0 Å². The van der Waals surface area contributed by atoms with E-state index in [-0.39, 0.29) is 6.04 Å². The monoisotopic (exact) mass is 224 g/mol. The first-order chi connectivity index (χ1) is 7.30. The van der Waals surface area contributed by atoms with Gasteiger partial charge in [0.1, 0.15) is 12.2 Å².